The Kier molecular flexibility index (Phi) is 50.1. The van der Waals surface area contributed by atoms with Gasteiger partial charge in [-0.25, -0.2) is 0 Å². The lowest BCUT2D eigenvalue weighted by atomic mass is 9.99. The average Bonchev–Trinajstić information content (AvgIpc) is 3.28. The molecular weight excluding hydrogens is 781 g/mol. The Balaban J connectivity index is 4.27. The summed E-state index contributed by atoms with van der Waals surface area (Å²) < 4.78 is 16.9. The fraction of sp³-hybridized carbons (Fsp3) is 0.947. The molecule has 0 aliphatic heterocycles. The van der Waals surface area contributed by atoms with Crippen LogP contribution in [0.2, 0.25) is 0 Å². The monoisotopic (exact) mass is 891 g/mol. The minimum atomic E-state index is -0.761. The Morgan fingerprint density at radius 3 is 0.825 bits per heavy atom. The molecule has 1 unspecified atom stereocenters. The first-order valence-corrected chi connectivity index (χ1v) is 28.4. The first-order chi connectivity index (χ1) is 30.9. The zero-order valence-electron chi connectivity index (χ0n) is 43.0. The van der Waals surface area contributed by atoms with Gasteiger partial charge in [0.15, 0.2) is 6.10 Å². The van der Waals surface area contributed by atoms with E-state index in [4.69, 9.17) is 14.2 Å². The SMILES string of the molecule is CCCCCCCCCCCCCCCCCCC(=O)OC[C@H](COC(=O)CCCCCCCCCCCCC)OC(=O)CCCCCCCCCCCCCCCCC(C)CC. The third-order valence-electron chi connectivity index (χ3n) is 13.4. The fourth-order valence-electron chi connectivity index (χ4n) is 8.72. The molecule has 0 aromatic heterocycles. The van der Waals surface area contributed by atoms with E-state index >= 15 is 0 Å². The van der Waals surface area contributed by atoms with Gasteiger partial charge in [-0.1, -0.05) is 285 Å². The molecule has 0 spiro atoms. The lowest BCUT2D eigenvalue weighted by Gasteiger charge is -2.18. The van der Waals surface area contributed by atoms with Gasteiger partial charge in [0, 0.05) is 19.3 Å². The number of rotatable bonds is 52. The Bertz CT molecular complexity index is 951. The summed E-state index contributed by atoms with van der Waals surface area (Å²) in [5, 5.41) is 0. The van der Waals surface area contributed by atoms with Crippen LogP contribution in [-0.4, -0.2) is 37.2 Å². The topological polar surface area (TPSA) is 78.9 Å². The molecule has 2 atom stereocenters. The zero-order chi connectivity index (χ0) is 45.9. The van der Waals surface area contributed by atoms with E-state index in [0.29, 0.717) is 19.3 Å². The number of hydrogen-bond acceptors (Lipinski definition) is 6. The highest BCUT2D eigenvalue weighted by atomic mass is 16.6. The highest BCUT2D eigenvalue weighted by molar-refractivity contribution is 5.71. The molecule has 6 nitrogen and oxygen atoms in total. The van der Waals surface area contributed by atoms with E-state index in [-0.39, 0.29) is 31.1 Å². The second-order valence-electron chi connectivity index (χ2n) is 19.8. The highest BCUT2D eigenvalue weighted by Gasteiger charge is 2.19. The Morgan fingerprint density at radius 1 is 0.317 bits per heavy atom. The molecule has 0 amide bonds. The molecule has 0 aromatic rings. The third kappa shape index (κ3) is 49.7. The van der Waals surface area contributed by atoms with Crippen molar-refractivity contribution in [2.24, 2.45) is 5.92 Å². The smallest absolute Gasteiger partial charge is 0.306 e. The number of unbranched alkanes of at least 4 members (excludes halogenated alkanes) is 38. The van der Waals surface area contributed by atoms with Crippen molar-refractivity contribution in [3.05, 3.63) is 0 Å². The van der Waals surface area contributed by atoms with Crippen molar-refractivity contribution < 1.29 is 28.6 Å². The minimum absolute atomic E-state index is 0.0620. The van der Waals surface area contributed by atoms with Crippen LogP contribution in [0, 0.1) is 5.92 Å². The lowest BCUT2D eigenvalue weighted by molar-refractivity contribution is -0.167. The quantitative estimate of drug-likeness (QED) is 0.0344. The van der Waals surface area contributed by atoms with Gasteiger partial charge >= 0.3 is 17.9 Å². The van der Waals surface area contributed by atoms with Crippen molar-refractivity contribution in [1.29, 1.82) is 0 Å². The van der Waals surface area contributed by atoms with Gasteiger partial charge < -0.3 is 14.2 Å². The number of hydrogen-bond donors (Lipinski definition) is 0. The van der Waals surface area contributed by atoms with Crippen molar-refractivity contribution in [1.82, 2.24) is 0 Å². The van der Waals surface area contributed by atoms with Gasteiger partial charge in [0.05, 0.1) is 0 Å². The predicted molar refractivity (Wildman–Crippen MR) is 270 cm³/mol. The maximum atomic E-state index is 12.8. The second kappa shape index (κ2) is 51.4. The lowest BCUT2D eigenvalue weighted by Crippen LogP contribution is -2.30. The van der Waals surface area contributed by atoms with Crippen molar-refractivity contribution in [2.75, 3.05) is 13.2 Å². The summed E-state index contributed by atoms with van der Waals surface area (Å²) in [4.78, 5) is 38.1. The molecule has 0 aromatic carbocycles. The molecule has 0 aliphatic carbocycles. The summed E-state index contributed by atoms with van der Waals surface area (Å²) in [7, 11) is 0. The summed E-state index contributed by atoms with van der Waals surface area (Å²) in [5.41, 5.74) is 0. The third-order valence-corrected chi connectivity index (χ3v) is 13.4. The van der Waals surface area contributed by atoms with Crippen LogP contribution in [-0.2, 0) is 28.6 Å². The molecule has 0 bridgehead atoms. The fourth-order valence-corrected chi connectivity index (χ4v) is 8.72. The van der Waals surface area contributed by atoms with Gasteiger partial charge in [0.1, 0.15) is 13.2 Å². The van der Waals surface area contributed by atoms with Crippen LogP contribution in [0.1, 0.15) is 323 Å². The molecule has 0 rings (SSSR count). The number of carbonyl (C=O) groups excluding carboxylic acids is 3. The first kappa shape index (κ1) is 61.4. The maximum absolute atomic E-state index is 12.8. The minimum Gasteiger partial charge on any atom is -0.462 e. The van der Waals surface area contributed by atoms with E-state index in [1.54, 1.807) is 0 Å². The van der Waals surface area contributed by atoms with Gasteiger partial charge in [-0.15, -0.1) is 0 Å². The molecule has 0 saturated heterocycles. The van der Waals surface area contributed by atoms with E-state index in [1.807, 2.05) is 0 Å². The van der Waals surface area contributed by atoms with Gasteiger partial charge in [0.25, 0.3) is 0 Å². The van der Waals surface area contributed by atoms with Crippen LogP contribution < -0.4 is 0 Å². The van der Waals surface area contributed by atoms with E-state index in [9.17, 15) is 14.4 Å². The highest BCUT2D eigenvalue weighted by Crippen LogP contribution is 2.18. The number of ether oxygens (including phenoxy) is 3. The van der Waals surface area contributed by atoms with Crippen LogP contribution in [0.3, 0.4) is 0 Å². The molecule has 6 heteroatoms. The molecular formula is C57H110O6. The van der Waals surface area contributed by atoms with E-state index < -0.39 is 6.10 Å². The van der Waals surface area contributed by atoms with E-state index in [0.717, 1.165) is 63.7 Å². The molecule has 0 fully saturated rings. The molecule has 0 N–H and O–H groups in total. The summed E-state index contributed by atoms with van der Waals surface area (Å²) in [6, 6.07) is 0. The molecule has 0 aliphatic rings. The first-order valence-electron chi connectivity index (χ1n) is 28.4. The van der Waals surface area contributed by atoms with Crippen LogP contribution in [0.25, 0.3) is 0 Å². The van der Waals surface area contributed by atoms with Gasteiger partial charge in [0.2, 0.25) is 0 Å². The number of esters is 3. The van der Waals surface area contributed by atoms with Crippen molar-refractivity contribution in [3.63, 3.8) is 0 Å². The summed E-state index contributed by atoms with van der Waals surface area (Å²) >= 11 is 0. The zero-order valence-corrected chi connectivity index (χ0v) is 43.0. The van der Waals surface area contributed by atoms with Gasteiger partial charge in [-0.3, -0.25) is 14.4 Å². The molecule has 0 saturated carbocycles. The second-order valence-corrected chi connectivity index (χ2v) is 19.8. The van der Waals surface area contributed by atoms with Crippen LogP contribution >= 0.6 is 0 Å². The Hall–Kier alpha value is -1.59. The predicted octanol–water partition coefficient (Wildman–Crippen LogP) is 18.6. The molecule has 374 valence electrons. The van der Waals surface area contributed by atoms with E-state index in [1.165, 1.54) is 218 Å². The molecule has 63 heavy (non-hydrogen) atoms. The average molecular weight is 892 g/mol. The summed E-state index contributed by atoms with van der Waals surface area (Å²) in [5.74, 6) is 0.0569. The van der Waals surface area contributed by atoms with Crippen molar-refractivity contribution >= 4 is 17.9 Å². The van der Waals surface area contributed by atoms with Gasteiger partial charge in [-0.2, -0.15) is 0 Å². The summed E-state index contributed by atoms with van der Waals surface area (Å²) in [6.45, 7) is 9.09. The van der Waals surface area contributed by atoms with E-state index in [2.05, 4.69) is 27.7 Å². The van der Waals surface area contributed by atoms with Crippen LogP contribution in [0.4, 0.5) is 0 Å². The number of carbonyl (C=O) groups is 3. The van der Waals surface area contributed by atoms with Crippen molar-refractivity contribution in [2.45, 2.75) is 329 Å². The molecule has 0 radical (unpaired) electrons. The molecule has 0 heterocycles. The Labute approximate surface area is 393 Å². The normalized spacial score (nSPS) is 12.4. The standard InChI is InChI=1S/C57H110O6/c1-5-8-10-12-14-16-18-19-20-21-25-29-33-37-41-45-49-56(59)62-52-54(51-61-55(58)48-44-40-36-32-27-17-15-13-11-9-6-2)63-57(60)50-46-42-38-34-30-26-23-22-24-28-31-35-39-43-47-53(4)7-3/h53-54H,5-52H2,1-4H3/t53?,54-/m0/s1. The van der Waals surface area contributed by atoms with Crippen LogP contribution in [0.15, 0.2) is 0 Å². The van der Waals surface area contributed by atoms with Gasteiger partial charge in [-0.05, 0) is 25.2 Å². The largest absolute Gasteiger partial charge is 0.462 e. The van der Waals surface area contributed by atoms with Crippen molar-refractivity contribution in [3.8, 4) is 0 Å². The van der Waals surface area contributed by atoms with Crippen LogP contribution in [0.5, 0.6) is 0 Å². The maximum Gasteiger partial charge on any atom is 0.306 e. The summed E-state index contributed by atoms with van der Waals surface area (Å²) in [6.07, 6.45) is 55.1. The Morgan fingerprint density at radius 2 is 0.556 bits per heavy atom.